The van der Waals surface area contributed by atoms with E-state index < -0.39 is 0 Å². The lowest BCUT2D eigenvalue weighted by atomic mass is 10.1. The number of anilines is 1. The fourth-order valence-corrected chi connectivity index (χ4v) is 2.83. The topological polar surface area (TPSA) is 67.9 Å². The molecule has 0 unspecified atom stereocenters. The van der Waals surface area contributed by atoms with E-state index in [1.807, 2.05) is 0 Å². The van der Waals surface area contributed by atoms with Crippen molar-refractivity contribution >= 4 is 17.5 Å². The van der Waals surface area contributed by atoms with E-state index in [1.165, 1.54) is 19.1 Å². The first-order chi connectivity index (χ1) is 13.0. The Hall–Kier alpha value is -3.09. The van der Waals surface area contributed by atoms with Gasteiger partial charge in [0.05, 0.1) is 6.42 Å². The first-order valence-corrected chi connectivity index (χ1v) is 8.72. The van der Waals surface area contributed by atoms with Crippen LogP contribution in [0.15, 0.2) is 42.5 Å². The van der Waals surface area contributed by atoms with Crippen LogP contribution in [0.4, 0.5) is 10.1 Å². The van der Waals surface area contributed by atoms with Crippen LogP contribution in [-0.2, 0) is 16.0 Å². The molecule has 2 amide bonds. The van der Waals surface area contributed by atoms with E-state index >= 15 is 0 Å². The average molecular weight is 372 g/mol. The number of nitrogens with one attached hydrogen (secondary N) is 1. The minimum Gasteiger partial charge on any atom is -0.486 e. The van der Waals surface area contributed by atoms with Crippen molar-refractivity contribution in [2.24, 2.45) is 0 Å². The van der Waals surface area contributed by atoms with Crippen LogP contribution in [0.1, 0.15) is 12.5 Å². The van der Waals surface area contributed by atoms with Crippen LogP contribution in [0, 0.1) is 5.82 Å². The lowest BCUT2D eigenvalue weighted by Gasteiger charge is -2.24. The number of rotatable bonds is 6. The summed E-state index contributed by atoms with van der Waals surface area (Å²) in [6.45, 7) is 3.06. The third kappa shape index (κ3) is 4.97. The molecule has 0 bridgehead atoms. The van der Waals surface area contributed by atoms with E-state index in [2.05, 4.69) is 5.32 Å². The van der Waals surface area contributed by atoms with Crippen molar-refractivity contribution in [2.75, 3.05) is 31.2 Å². The number of nitrogens with zero attached hydrogens (tertiary/aromatic N) is 1. The predicted octanol–water partition coefficient (Wildman–Crippen LogP) is 2.31. The molecule has 7 heteroatoms. The number of hydrogen-bond acceptors (Lipinski definition) is 4. The molecule has 1 aliphatic rings. The van der Waals surface area contributed by atoms with Crippen LogP contribution in [-0.4, -0.2) is 38.1 Å². The number of benzene rings is 2. The van der Waals surface area contributed by atoms with Crippen LogP contribution < -0.4 is 19.7 Å². The monoisotopic (exact) mass is 372 g/mol. The average Bonchev–Trinajstić information content (AvgIpc) is 2.66. The second-order valence-electron chi connectivity index (χ2n) is 6.15. The number of fused-ring (bicyclic) bond motifs is 1. The van der Waals surface area contributed by atoms with Crippen molar-refractivity contribution in [3.05, 3.63) is 53.8 Å². The molecule has 0 fully saturated rings. The zero-order chi connectivity index (χ0) is 19.2. The molecule has 0 radical (unpaired) electrons. The molecule has 0 atom stereocenters. The molecule has 2 aromatic rings. The fraction of sp³-hybridized carbons (Fsp3) is 0.300. The van der Waals surface area contributed by atoms with E-state index in [0.717, 1.165) is 5.56 Å². The molecule has 142 valence electrons. The largest absolute Gasteiger partial charge is 0.486 e. The van der Waals surface area contributed by atoms with Gasteiger partial charge in [-0.2, -0.15) is 0 Å². The molecule has 0 spiro atoms. The van der Waals surface area contributed by atoms with Gasteiger partial charge in [-0.3, -0.25) is 9.59 Å². The van der Waals surface area contributed by atoms with Crippen LogP contribution in [0.3, 0.4) is 0 Å². The number of amides is 2. The summed E-state index contributed by atoms with van der Waals surface area (Å²) < 4.78 is 23.9. The lowest BCUT2D eigenvalue weighted by molar-refractivity contribution is -0.121. The standard InChI is InChI=1S/C20H21FN2O4/c1-14(24)23(17-6-7-18-19(13-17)27-11-10-26-18)9-8-22-20(25)12-15-2-4-16(21)5-3-15/h2-7,13H,8-12H2,1H3,(H,22,25). The fourth-order valence-electron chi connectivity index (χ4n) is 2.83. The second kappa shape index (κ2) is 8.53. The summed E-state index contributed by atoms with van der Waals surface area (Å²) in [7, 11) is 0. The van der Waals surface area contributed by atoms with Gasteiger partial charge in [-0.15, -0.1) is 0 Å². The molecule has 0 aliphatic carbocycles. The molecule has 1 aliphatic heterocycles. The van der Waals surface area contributed by atoms with Gasteiger partial charge in [0.15, 0.2) is 11.5 Å². The zero-order valence-electron chi connectivity index (χ0n) is 15.0. The molecular formula is C20H21FN2O4. The van der Waals surface area contributed by atoms with Crippen LogP contribution >= 0.6 is 0 Å². The van der Waals surface area contributed by atoms with Crippen molar-refractivity contribution < 1.29 is 23.5 Å². The Morgan fingerprint density at radius 3 is 2.48 bits per heavy atom. The minimum atomic E-state index is -0.337. The molecule has 2 aromatic carbocycles. The maximum atomic E-state index is 12.9. The maximum Gasteiger partial charge on any atom is 0.224 e. The van der Waals surface area contributed by atoms with E-state index in [1.54, 1.807) is 35.2 Å². The Bertz CT molecular complexity index is 823. The van der Waals surface area contributed by atoms with Gasteiger partial charge in [0, 0.05) is 31.8 Å². The highest BCUT2D eigenvalue weighted by Gasteiger charge is 2.17. The maximum absolute atomic E-state index is 12.9. The number of carbonyl (C=O) groups excluding carboxylic acids is 2. The highest BCUT2D eigenvalue weighted by Crippen LogP contribution is 2.33. The van der Waals surface area contributed by atoms with E-state index in [4.69, 9.17) is 9.47 Å². The number of hydrogen-bond donors (Lipinski definition) is 1. The molecule has 0 saturated carbocycles. The number of carbonyl (C=O) groups is 2. The summed E-state index contributed by atoms with van der Waals surface area (Å²) in [5.41, 5.74) is 1.41. The number of ether oxygens (including phenoxy) is 2. The van der Waals surface area contributed by atoms with Crippen molar-refractivity contribution in [1.29, 1.82) is 0 Å². The SMILES string of the molecule is CC(=O)N(CCNC(=O)Cc1ccc(F)cc1)c1ccc2c(c1)OCCO2. The Balaban J connectivity index is 1.56. The number of halogens is 1. The molecule has 0 saturated heterocycles. The third-order valence-corrected chi connectivity index (χ3v) is 4.15. The lowest BCUT2D eigenvalue weighted by Crippen LogP contribution is -2.38. The highest BCUT2D eigenvalue weighted by molar-refractivity contribution is 5.92. The van der Waals surface area contributed by atoms with E-state index in [0.29, 0.717) is 43.5 Å². The molecule has 1 N–H and O–H groups in total. The molecule has 1 heterocycles. The third-order valence-electron chi connectivity index (χ3n) is 4.15. The first-order valence-electron chi connectivity index (χ1n) is 8.72. The zero-order valence-corrected chi connectivity index (χ0v) is 15.0. The van der Waals surface area contributed by atoms with Gasteiger partial charge >= 0.3 is 0 Å². The van der Waals surface area contributed by atoms with Gasteiger partial charge in [0.25, 0.3) is 0 Å². The van der Waals surface area contributed by atoms with Gasteiger partial charge in [-0.05, 0) is 29.8 Å². The van der Waals surface area contributed by atoms with E-state index in [9.17, 15) is 14.0 Å². The predicted molar refractivity (Wildman–Crippen MR) is 98.6 cm³/mol. The van der Waals surface area contributed by atoms with Crippen LogP contribution in [0.25, 0.3) is 0 Å². The van der Waals surface area contributed by atoms with Crippen molar-refractivity contribution in [2.45, 2.75) is 13.3 Å². The smallest absolute Gasteiger partial charge is 0.224 e. The normalized spacial score (nSPS) is 12.4. The Morgan fingerprint density at radius 2 is 1.78 bits per heavy atom. The quantitative estimate of drug-likeness (QED) is 0.845. The molecule has 27 heavy (non-hydrogen) atoms. The van der Waals surface area contributed by atoms with Gasteiger partial charge in [0.2, 0.25) is 11.8 Å². The van der Waals surface area contributed by atoms with Gasteiger partial charge in [-0.25, -0.2) is 4.39 Å². The second-order valence-corrected chi connectivity index (χ2v) is 6.15. The first kappa shape index (κ1) is 18.7. The van der Waals surface area contributed by atoms with Crippen molar-refractivity contribution in [1.82, 2.24) is 5.32 Å². The van der Waals surface area contributed by atoms with Crippen molar-refractivity contribution in [3.63, 3.8) is 0 Å². The molecule has 0 aromatic heterocycles. The van der Waals surface area contributed by atoms with Crippen LogP contribution in [0.2, 0.25) is 0 Å². The van der Waals surface area contributed by atoms with Gasteiger partial charge in [0.1, 0.15) is 19.0 Å². The highest BCUT2D eigenvalue weighted by atomic mass is 19.1. The summed E-state index contributed by atoms with van der Waals surface area (Å²) >= 11 is 0. The molecule has 3 rings (SSSR count). The van der Waals surface area contributed by atoms with Gasteiger partial charge < -0.3 is 19.7 Å². The summed E-state index contributed by atoms with van der Waals surface area (Å²) in [6, 6.07) is 11.1. The van der Waals surface area contributed by atoms with Gasteiger partial charge in [-0.1, -0.05) is 12.1 Å². The minimum absolute atomic E-state index is 0.139. The Kier molecular flexibility index (Phi) is 5.90. The van der Waals surface area contributed by atoms with Crippen molar-refractivity contribution in [3.8, 4) is 11.5 Å². The Labute approximate surface area is 156 Å². The summed E-state index contributed by atoms with van der Waals surface area (Å²) in [6.07, 6.45) is 0.157. The summed E-state index contributed by atoms with van der Waals surface area (Å²) in [5, 5.41) is 2.78. The Morgan fingerprint density at radius 1 is 1.07 bits per heavy atom. The summed E-state index contributed by atoms with van der Waals surface area (Å²) in [5.74, 6) is 0.592. The summed E-state index contributed by atoms with van der Waals surface area (Å²) in [4.78, 5) is 25.6. The molecule has 6 nitrogen and oxygen atoms in total. The van der Waals surface area contributed by atoms with E-state index in [-0.39, 0.29) is 24.1 Å². The van der Waals surface area contributed by atoms with Crippen LogP contribution in [0.5, 0.6) is 11.5 Å². The molecular weight excluding hydrogens is 351 g/mol.